The molecule has 1 aromatic carbocycles. The van der Waals surface area contributed by atoms with Gasteiger partial charge in [0.05, 0.1) is 24.1 Å². The first-order valence-electron chi connectivity index (χ1n) is 7.46. The fraction of sp³-hybridized carbons (Fsp3) is 0.267. The molecule has 11 heteroatoms. The topological polar surface area (TPSA) is 154 Å². The predicted molar refractivity (Wildman–Crippen MR) is 91.6 cm³/mol. The van der Waals surface area contributed by atoms with E-state index in [4.69, 9.17) is 15.6 Å². The van der Waals surface area contributed by atoms with Gasteiger partial charge < -0.3 is 15.6 Å². The summed E-state index contributed by atoms with van der Waals surface area (Å²) in [5, 5.41) is 12.9. The number of carbonyl (C=O) groups excluding carboxylic acids is 1. The lowest BCUT2D eigenvalue weighted by molar-refractivity contribution is -0.136. The number of aryl methyl sites for hydroxylation is 1. The van der Waals surface area contributed by atoms with Gasteiger partial charge in [-0.25, -0.2) is 8.42 Å². The van der Waals surface area contributed by atoms with Crippen molar-refractivity contribution in [2.24, 2.45) is 5.73 Å². The molecule has 0 aliphatic rings. The van der Waals surface area contributed by atoms with Crippen molar-refractivity contribution in [3.05, 3.63) is 35.7 Å². The Labute approximate surface area is 149 Å². The minimum atomic E-state index is -4.11. The number of aromatic nitrogens is 2. The van der Waals surface area contributed by atoms with Gasteiger partial charge in [-0.05, 0) is 25.1 Å². The summed E-state index contributed by atoms with van der Waals surface area (Å²) >= 11 is 0. The minimum Gasteiger partial charge on any atom is -0.496 e. The number of aliphatic carboxylic acids is 1. The van der Waals surface area contributed by atoms with Gasteiger partial charge in [0.15, 0.2) is 5.69 Å². The van der Waals surface area contributed by atoms with Gasteiger partial charge in [0.25, 0.3) is 15.9 Å². The Balaban J connectivity index is 2.43. The number of rotatable bonds is 8. The van der Waals surface area contributed by atoms with Gasteiger partial charge in [-0.3, -0.25) is 19.0 Å². The third-order valence-corrected chi connectivity index (χ3v) is 4.83. The van der Waals surface area contributed by atoms with Crippen LogP contribution in [0.15, 0.2) is 29.3 Å². The van der Waals surface area contributed by atoms with E-state index in [0.29, 0.717) is 6.54 Å². The van der Waals surface area contributed by atoms with Crippen LogP contribution in [-0.4, -0.2) is 42.3 Å². The van der Waals surface area contributed by atoms with Crippen molar-refractivity contribution in [1.82, 2.24) is 9.78 Å². The summed E-state index contributed by atoms with van der Waals surface area (Å²) in [6.07, 6.45) is 0.937. The van der Waals surface area contributed by atoms with E-state index >= 15 is 0 Å². The molecule has 140 valence electrons. The summed E-state index contributed by atoms with van der Waals surface area (Å²) in [6.45, 7) is 2.17. The van der Waals surface area contributed by atoms with Crippen LogP contribution in [0, 0.1) is 0 Å². The van der Waals surface area contributed by atoms with Crippen molar-refractivity contribution in [1.29, 1.82) is 0 Å². The molecule has 0 aliphatic carbocycles. The number of nitrogens with zero attached hydrogens (tertiary/aromatic N) is 2. The molecule has 1 aromatic heterocycles. The molecule has 0 aliphatic heterocycles. The number of hydrogen-bond acceptors (Lipinski definition) is 6. The Hall–Kier alpha value is -3.08. The van der Waals surface area contributed by atoms with Gasteiger partial charge in [-0.2, -0.15) is 5.10 Å². The molecule has 0 unspecified atom stereocenters. The summed E-state index contributed by atoms with van der Waals surface area (Å²) in [5.74, 6) is -1.76. The van der Waals surface area contributed by atoms with Gasteiger partial charge in [0, 0.05) is 18.3 Å². The number of nitrogens with one attached hydrogen (secondary N) is 1. The highest BCUT2D eigenvalue weighted by Crippen LogP contribution is 2.25. The summed E-state index contributed by atoms with van der Waals surface area (Å²) < 4.78 is 33.9. The van der Waals surface area contributed by atoms with Crippen LogP contribution in [0.2, 0.25) is 0 Å². The normalized spacial score (nSPS) is 11.2. The predicted octanol–water partition coefficient (Wildman–Crippen LogP) is 0.438. The summed E-state index contributed by atoms with van der Waals surface area (Å²) in [4.78, 5) is 22.2. The lowest BCUT2D eigenvalue weighted by atomic mass is 10.1. The highest BCUT2D eigenvalue weighted by atomic mass is 32.2. The molecule has 2 aromatic rings. The Bertz CT molecular complexity index is 951. The van der Waals surface area contributed by atoms with E-state index in [9.17, 15) is 18.0 Å². The first kappa shape index (κ1) is 19.2. The fourth-order valence-electron chi connectivity index (χ4n) is 2.27. The number of amides is 1. The van der Waals surface area contributed by atoms with E-state index in [1.807, 2.05) is 0 Å². The molecule has 26 heavy (non-hydrogen) atoms. The van der Waals surface area contributed by atoms with Crippen LogP contribution in [0.5, 0.6) is 5.75 Å². The number of nitrogens with two attached hydrogens (primary N) is 1. The smallest absolute Gasteiger partial charge is 0.307 e. The quantitative estimate of drug-likeness (QED) is 0.598. The van der Waals surface area contributed by atoms with Crippen molar-refractivity contribution in [3.63, 3.8) is 0 Å². The molecule has 0 bridgehead atoms. The molecule has 0 fully saturated rings. The molecule has 0 saturated carbocycles. The van der Waals surface area contributed by atoms with Crippen LogP contribution in [0.4, 0.5) is 5.69 Å². The highest BCUT2D eigenvalue weighted by Gasteiger charge is 2.22. The number of sulfonamides is 1. The number of methoxy groups -OCH3 is 1. The molecule has 0 spiro atoms. The highest BCUT2D eigenvalue weighted by molar-refractivity contribution is 7.92. The number of carboxylic acid groups (broad SMARTS) is 1. The van der Waals surface area contributed by atoms with E-state index in [1.54, 1.807) is 6.92 Å². The lowest BCUT2D eigenvalue weighted by Gasteiger charge is -2.11. The molecule has 0 radical (unpaired) electrons. The number of anilines is 1. The van der Waals surface area contributed by atoms with Crippen LogP contribution >= 0.6 is 0 Å². The van der Waals surface area contributed by atoms with E-state index in [1.165, 1.54) is 36.2 Å². The third kappa shape index (κ3) is 4.11. The number of hydrogen-bond donors (Lipinski definition) is 3. The molecule has 10 nitrogen and oxygen atoms in total. The van der Waals surface area contributed by atoms with Crippen molar-refractivity contribution in [2.45, 2.75) is 24.8 Å². The second-order valence-electron chi connectivity index (χ2n) is 5.26. The van der Waals surface area contributed by atoms with E-state index < -0.39 is 28.3 Å². The van der Waals surface area contributed by atoms with Crippen LogP contribution < -0.4 is 15.2 Å². The minimum absolute atomic E-state index is 0.0602. The van der Waals surface area contributed by atoms with Crippen molar-refractivity contribution >= 4 is 27.6 Å². The monoisotopic (exact) mass is 382 g/mol. The number of ether oxygens (including phenoxy) is 1. The van der Waals surface area contributed by atoms with Gasteiger partial charge in [0.2, 0.25) is 0 Å². The number of carbonyl (C=O) groups is 2. The Kier molecular flexibility index (Phi) is 5.50. The number of primary amides is 1. The molecule has 0 saturated heterocycles. The van der Waals surface area contributed by atoms with Crippen LogP contribution in [0.25, 0.3) is 0 Å². The molecule has 0 atom stereocenters. The number of carboxylic acids is 1. The maximum atomic E-state index is 12.6. The largest absolute Gasteiger partial charge is 0.496 e. The molecule has 1 amide bonds. The summed E-state index contributed by atoms with van der Waals surface area (Å²) in [5.41, 5.74) is 5.15. The Morgan fingerprint density at radius 3 is 2.62 bits per heavy atom. The van der Waals surface area contributed by atoms with Gasteiger partial charge >= 0.3 is 5.97 Å². The van der Waals surface area contributed by atoms with Crippen LogP contribution in [0.1, 0.15) is 23.0 Å². The van der Waals surface area contributed by atoms with Gasteiger partial charge in [-0.1, -0.05) is 0 Å². The second-order valence-corrected chi connectivity index (χ2v) is 6.94. The molecule has 2 rings (SSSR count). The standard InChI is InChI=1S/C15H18N4O6S/c1-3-19-8-11(14(17-19)15(16)22)18-26(23,24)10-4-5-12(25-2)9(6-10)7-13(20)21/h4-6,8,18H,3,7H2,1-2H3,(H2,16,22)(H,20,21). The zero-order chi connectivity index (χ0) is 19.5. The van der Waals surface area contributed by atoms with E-state index in [0.717, 1.165) is 0 Å². The van der Waals surface area contributed by atoms with E-state index in [2.05, 4.69) is 9.82 Å². The fourth-order valence-corrected chi connectivity index (χ4v) is 3.37. The van der Waals surface area contributed by atoms with Crippen molar-refractivity contribution in [2.75, 3.05) is 11.8 Å². The Morgan fingerprint density at radius 2 is 2.08 bits per heavy atom. The number of benzene rings is 1. The maximum absolute atomic E-state index is 12.6. The summed E-state index contributed by atoms with van der Waals surface area (Å²) in [7, 11) is -2.75. The molecular weight excluding hydrogens is 364 g/mol. The SMILES string of the molecule is CCn1cc(NS(=O)(=O)c2ccc(OC)c(CC(=O)O)c2)c(C(N)=O)n1. The van der Waals surface area contributed by atoms with Gasteiger partial charge in [-0.15, -0.1) is 0 Å². The Morgan fingerprint density at radius 1 is 1.38 bits per heavy atom. The molecule has 1 heterocycles. The average Bonchev–Trinajstić information content (AvgIpc) is 2.96. The zero-order valence-corrected chi connectivity index (χ0v) is 14.9. The zero-order valence-electron chi connectivity index (χ0n) is 14.1. The molecular formula is C15H18N4O6S. The second kappa shape index (κ2) is 7.44. The van der Waals surface area contributed by atoms with Crippen LogP contribution in [0.3, 0.4) is 0 Å². The maximum Gasteiger partial charge on any atom is 0.307 e. The first-order valence-corrected chi connectivity index (χ1v) is 8.95. The lowest BCUT2D eigenvalue weighted by Crippen LogP contribution is -2.18. The van der Waals surface area contributed by atoms with E-state index in [-0.39, 0.29) is 27.6 Å². The van der Waals surface area contributed by atoms with Crippen molar-refractivity contribution in [3.8, 4) is 5.75 Å². The van der Waals surface area contributed by atoms with Crippen LogP contribution in [-0.2, 0) is 27.8 Å². The van der Waals surface area contributed by atoms with Gasteiger partial charge in [0.1, 0.15) is 5.75 Å². The average molecular weight is 382 g/mol. The molecule has 4 N–H and O–H groups in total. The third-order valence-electron chi connectivity index (χ3n) is 3.47. The first-order chi connectivity index (χ1) is 12.2. The summed E-state index contributed by atoms with van der Waals surface area (Å²) in [6, 6.07) is 3.82. The van der Waals surface area contributed by atoms with Crippen molar-refractivity contribution < 1.29 is 27.9 Å².